The zero-order valence-corrected chi connectivity index (χ0v) is 12.9. The lowest BCUT2D eigenvalue weighted by Gasteiger charge is -2.30. The quantitative estimate of drug-likeness (QED) is 0.723. The van der Waals surface area contributed by atoms with Crippen LogP contribution in [0.2, 0.25) is 5.02 Å². The first kappa shape index (κ1) is 15.1. The van der Waals surface area contributed by atoms with Crippen LogP contribution in [-0.4, -0.2) is 44.0 Å². The largest absolute Gasteiger partial charge is 0.381 e. The molecule has 22 heavy (non-hydrogen) atoms. The lowest BCUT2D eigenvalue weighted by molar-refractivity contribution is -0.133. The van der Waals surface area contributed by atoms with Crippen molar-refractivity contribution < 1.29 is 9.59 Å². The number of piperazine rings is 1. The molecule has 7 heteroatoms. The maximum Gasteiger partial charge on any atom is 0.228 e. The van der Waals surface area contributed by atoms with E-state index in [-0.39, 0.29) is 17.9 Å². The van der Waals surface area contributed by atoms with E-state index < -0.39 is 0 Å². The van der Waals surface area contributed by atoms with Gasteiger partial charge in [0.05, 0.1) is 10.7 Å². The molecule has 0 saturated carbocycles. The minimum Gasteiger partial charge on any atom is -0.381 e. The van der Waals surface area contributed by atoms with Crippen molar-refractivity contribution in [1.82, 2.24) is 10.6 Å². The van der Waals surface area contributed by atoms with Crippen LogP contribution >= 0.6 is 11.6 Å². The highest BCUT2D eigenvalue weighted by Crippen LogP contribution is 2.29. The summed E-state index contributed by atoms with van der Waals surface area (Å²) in [6, 6.07) is 5.61. The van der Waals surface area contributed by atoms with Crippen LogP contribution in [0.3, 0.4) is 0 Å². The van der Waals surface area contributed by atoms with Crippen molar-refractivity contribution in [2.45, 2.75) is 18.9 Å². The summed E-state index contributed by atoms with van der Waals surface area (Å²) in [5, 5.41) is 9.51. The van der Waals surface area contributed by atoms with E-state index in [1.807, 2.05) is 18.2 Å². The lowest BCUT2D eigenvalue weighted by atomic mass is 10.0. The number of anilines is 2. The summed E-state index contributed by atoms with van der Waals surface area (Å²) in [7, 11) is 0. The monoisotopic (exact) mass is 322 g/mol. The fourth-order valence-corrected chi connectivity index (χ4v) is 3.17. The molecule has 2 amide bonds. The molecule has 1 aromatic carbocycles. The Morgan fingerprint density at radius 2 is 1.82 bits per heavy atom. The maximum absolute atomic E-state index is 11.4. The number of amides is 2. The van der Waals surface area contributed by atoms with Crippen LogP contribution in [0, 0.1) is 0 Å². The highest BCUT2D eigenvalue weighted by molar-refractivity contribution is 6.33. The van der Waals surface area contributed by atoms with Gasteiger partial charge < -0.3 is 15.5 Å². The van der Waals surface area contributed by atoms with Crippen molar-refractivity contribution in [2.75, 3.05) is 36.4 Å². The van der Waals surface area contributed by atoms with Crippen LogP contribution < -0.4 is 20.9 Å². The number of hydrogen-bond acceptors (Lipinski definition) is 5. The van der Waals surface area contributed by atoms with Gasteiger partial charge in [-0.25, -0.2) is 0 Å². The van der Waals surface area contributed by atoms with E-state index in [0.29, 0.717) is 17.9 Å². The molecule has 3 rings (SSSR count). The zero-order valence-electron chi connectivity index (χ0n) is 12.2. The van der Waals surface area contributed by atoms with Crippen molar-refractivity contribution in [1.29, 1.82) is 0 Å². The number of hydrogen-bond donors (Lipinski definition) is 3. The number of imide groups is 1. The molecule has 3 N–H and O–H groups in total. The zero-order chi connectivity index (χ0) is 15.5. The van der Waals surface area contributed by atoms with Gasteiger partial charge in [0.25, 0.3) is 0 Å². The van der Waals surface area contributed by atoms with E-state index >= 15 is 0 Å². The molecule has 2 aliphatic heterocycles. The molecule has 0 atom stereocenters. The van der Waals surface area contributed by atoms with Gasteiger partial charge in [-0.15, -0.1) is 0 Å². The van der Waals surface area contributed by atoms with E-state index in [2.05, 4.69) is 20.9 Å². The number of piperidine rings is 1. The SMILES string of the molecule is O=C1CC(Nc2ccc(N3CCNCC3)c(Cl)c2)CC(=O)N1. The van der Waals surface area contributed by atoms with Gasteiger partial charge in [-0.1, -0.05) is 11.6 Å². The summed E-state index contributed by atoms with van der Waals surface area (Å²) >= 11 is 6.39. The van der Waals surface area contributed by atoms with Gasteiger partial charge in [0.1, 0.15) is 0 Å². The fraction of sp³-hybridized carbons (Fsp3) is 0.467. The standard InChI is InChI=1S/C15H19ClN4O2/c16-12-7-10(18-11-8-14(21)19-15(22)9-11)1-2-13(12)20-5-3-17-4-6-20/h1-2,7,11,17-18H,3-6,8-9H2,(H,19,21,22). The summed E-state index contributed by atoms with van der Waals surface area (Å²) in [6.07, 6.45) is 0.589. The number of nitrogens with zero attached hydrogens (tertiary/aromatic N) is 1. The predicted molar refractivity (Wildman–Crippen MR) is 86.3 cm³/mol. The second kappa shape index (κ2) is 6.54. The van der Waals surface area contributed by atoms with Crippen LogP contribution in [0.25, 0.3) is 0 Å². The molecule has 2 aliphatic rings. The second-order valence-electron chi connectivity index (χ2n) is 5.62. The predicted octanol–water partition coefficient (Wildman–Crippen LogP) is 0.967. The van der Waals surface area contributed by atoms with Crippen molar-refractivity contribution >= 4 is 34.8 Å². The molecule has 2 heterocycles. The highest BCUT2D eigenvalue weighted by atomic mass is 35.5. The average molecular weight is 323 g/mol. The minimum absolute atomic E-state index is 0.178. The van der Waals surface area contributed by atoms with Crippen LogP contribution in [0.4, 0.5) is 11.4 Å². The lowest BCUT2D eigenvalue weighted by Crippen LogP contribution is -2.44. The van der Waals surface area contributed by atoms with E-state index in [4.69, 9.17) is 11.6 Å². The Kier molecular flexibility index (Phi) is 4.49. The number of halogens is 1. The van der Waals surface area contributed by atoms with Crippen molar-refractivity contribution in [3.63, 3.8) is 0 Å². The molecule has 0 aliphatic carbocycles. The Morgan fingerprint density at radius 1 is 1.14 bits per heavy atom. The van der Waals surface area contributed by atoms with E-state index in [1.54, 1.807) is 0 Å². The first-order chi connectivity index (χ1) is 10.6. The third-order valence-electron chi connectivity index (χ3n) is 3.92. The molecule has 118 valence electrons. The first-order valence-corrected chi connectivity index (χ1v) is 7.84. The van der Waals surface area contributed by atoms with Gasteiger partial charge in [-0.3, -0.25) is 14.9 Å². The maximum atomic E-state index is 11.4. The van der Waals surface area contributed by atoms with Gasteiger partial charge in [-0.2, -0.15) is 0 Å². The van der Waals surface area contributed by atoms with Gasteiger partial charge in [0.2, 0.25) is 11.8 Å². The average Bonchev–Trinajstić information content (AvgIpc) is 2.47. The van der Waals surface area contributed by atoms with Crippen molar-refractivity contribution in [2.24, 2.45) is 0 Å². The third kappa shape index (κ3) is 3.51. The number of carbonyl (C=O) groups is 2. The Bertz CT molecular complexity index is 571. The first-order valence-electron chi connectivity index (χ1n) is 7.46. The summed E-state index contributed by atoms with van der Waals surface area (Å²) in [4.78, 5) is 25.0. The molecule has 0 aromatic heterocycles. The molecular weight excluding hydrogens is 304 g/mol. The third-order valence-corrected chi connectivity index (χ3v) is 4.22. The van der Waals surface area contributed by atoms with E-state index in [0.717, 1.165) is 37.6 Å². The number of benzene rings is 1. The molecular formula is C15H19ClN4O2. The normalized spacial score (nSPS) is 20.0. The van der Waals surface area contributed by atoms with Crippen LogP contribution in [0.5, 0.6) is 0 Å². The topological polar surface area (TPSA) is 73.5 Å². The molecule has 0 spiro atoms. The smallest absolute Gasteiger partial charge is 0.228 e. The van der Waals surface area contributed by atoms with E-state index in [9.17, 15) is 9.59 Å². The fourth-order valence-electron chi connectivity index (χ4n) is 2.87. The Labute approximate surface area is 134 Å². The van der Waals surface area contributed by atoms with Gasteiger partial charge >= 0.3 is 0 Å². The van der Waals surface area contributed by atoms with Crippen LogP contribution in [-0.2, 0) is 9.59 Å². The van der Waals surface area contributed by atoms with Gasteiger partial charge in [-0.05, 0) is 18.2 Å². The minimum atomic E-state index is -0.239. The summed E-state index contributed by atoms with van der Waals surface area (Å²) < 4.78 is 0. The van der Waals surface area contributed by atoms with Crippen LogP contribution in [0.1, 0.15) is 12.8 Å². The molecule has 2 saturated heterocycles. The molecule has 1 aromatic rings. The molecule has 2 fully saturated rings. The number of rotatable bonds is 3. The molecule has 0 bridgehead atoms. The Hall–Kier alpha value is -1.79. The number of nitrogens with one attached hydrogen (secondary N) is 3. The second-order valence-corrected chi connectivity index (χ2v) is 6.03. The van der Waals surface area contributed by atoms with Crippen molar-refractivity contribution in [3.05, 3.63) is 23.2 Å². The number of carbonyl (C=O) groups excluding carboxylic acids is 2. The Morgan fingerprint density at radius 3 is 2.45 bits per heavy atom. The summed E-state index contributed by atoms with van der Waals surface area (Å²) in [5.41, 5.74) is 1.85. The summed E-state index contributed by atoms with van der Waals surface area (Å²) in [6.45, 7) is 3.78. The van der Waals surface area contributed by atoms with Crippen LogP contribution in [0.15, 0.2) is 18.2 Å². The van der Waals surface area contributed by atoms with Gasteiger partial charge in [0.15, 0.2) is 0 Å². The molecule has 6 nitrogen and oxygen atoms in total. The van der Waals surface area contributed by atoms with Crippen molar-refractivity contribution in [3.8, 4) is 0 Å². The van der Waals surface area contributed by atoms with E-state index in [1.165, 1.54) is 0 Å². The summed E-state index contributed by atoms with van der Waals surface area (Å²) in [5.74, 6) is -0.477. The van der Waals surface area contributed by atoms with Gasteiger partial charge in [0, 0.05) is 50.7 Å². The molecule has 0 unspecified atom stereocenters. The highest BCUT2D eigenvalue weighted by Gasteiger charge is 2.24. The molecule has 0 radical (unpaired) electrons. The Balaban J connectivity index is 1.69.